The lowest BCUT2D eigenvalue weighted by molar-refractivity contribution is -0.147. The number of nitrogens with zero attached hydrogens (tertiary/aromatic N) is 1. The molecule has 3 nitrogen and oxygen atoms in total. The van der Waals surface area contributed by atoms with E-state index >= 15 is 0 Å². The molecule has 0 unspecified atom stereocenters. The van der Waals surface area contributed by atoms with E-state index in [0.29, 0.717) is 0 Å². The largest absolute Gasteiger partial charge is 0.336 e. The second-order valence-electron chi connectivity index (χ2n) is 5.05. The van der Waals surface area contributed by atoms with Gasteiger partial charge in [-0.2, -0.15) is 0 Å². The summed E-state index contributed by atoms with van der Waals surface area (Å²) >= 11 is 0. The van der Waals surface area contributed by atoms with Crippen LogP contribution in [0.4, 0.5) is 0 Å². The Morgan fingerprint density at radius 2 is 1.38 bits per heavy atom. The molecule has 0 aromatic rings. The zero-order valence-electron chi connectivity index (χ0n) is 9.91. The Morgan fingerprint density at radius 1 is 0.812 bits per heavy atom. The van der Waals surface area contributed by atoms with E-state index in [4.69, 9.17) is 0 Å². The molecule has 2 aliphatic rings. The molecule has 0 spiro atoms. The third kappa shape index (κ3) is 2.63. The average Bonchev–Trinajstić information content (AvgIpc) is 2.39. The number of amides is 1. The van der Waals surface area contributed by atoms with Crippen molar-refractivity contribution in [2.24, 2.45) is 5.92 Å². The Kier molecular flexibility index (Phi) is 3.97. The molecule has 2 rings (SSSR count). The van der Waals surface area contributed by atoms with Crippen LogP contribution in [-0.2, 0) is 9.59 Å². The van der Waals surface area contributed by atoms with Crippen LogP contribution in [0, 0.1) is 5.92 Å². The summed E-state index contributed by atoms with van der Waals surface area (Å²) in [6, 6.07) is 0. The van der Waals surface area contributed by atoms with Gasteiger partial charge in [0.05, 0.1) is 0 Å². The Morgan fingerprint density at radius 3 is 2.00 bits per heavy atom. The predicted molar refractivity (Wildman–Crippen MR) is 62.0 cm³/mol. The van der Waals surface area contributed by atoms with Crippen LogP contribution in [0.1, 0.15) is 51.4 Å². The number of Topliss-reactive ketones (excluding diaryl/α,β-unsaturated/α-hetero) is 1. The molecule has 1 aliphatic carbocycles. The summed E-state index contributed by atoms with van der Waals surface area (Å²) in [5, 5.41) is 0. The maximum atomic E-state index is 12.0. The molecule has 1 heterocycles. The standard InChI is InChI=1S/C13H21NO2/c15-12(11-7-3-1-4-8-11)13(16)14-9-5-2-6-10-14/h11H,1-10H2. The van der Waals surface area contributed by atoms with E-state index < -0.39 is 0 Å². The molecule has 90 valence electrons. The number of carbonyl (C=O) groups excluding carboxylic acids is 2. The van der Waals surface area contributed by atoms with Crippen LogP contribution >= 0.6 is 0 Å². The molecule has 0 aromatic heterocycles. The zero-order chi connectivity index (χ0) is 11.4. The van der Waals surface area contributed by atoms with E-state index in [1.54, 1.807) is 4.90 Å². The maximum absolute atomic E-state index is 12.0. The second kappa shape index (κ2) is 5.46. The van der Waals surface area contributed by atoms with E-state index in [2.05, 4.69) is 0 Å². The van der Waals surface area contributed by atoms with Gasteiger partial charge in [-0.05, 0) is 32.1 Å². The van der Waals surface area contributed by atoms with Crippen LogP contribution in [-0.4, -0.2) is 29.7 Å². The molecule has 0 bridgehead atoms. The highest BCUT2D eigenvalue weighted by Crippen LogP contribution is 2.25. The fourth-order valence-electron chi connectivity index (χ4n) is 2.79. The first-order valence-corrected chi connectivity index (χ1v) is 6.62. The number of likely N-dealkylation sites (tertiary alicyclic amines) is 1. The van der Waals surface area contributed by atoms with Gasteiger partial charge in [0.2, 0.25) is 5.78 Å². The van der Waals surface area contributed by atoms with E-state index in [-0.39, 0.29) is 17.6 Å². The summed E-state index contributed by atoms with van der Waals surface area (Å²) in [5.41, 5.74) is 0. The van der Waals surface area contributed by atoms with Crippen molar-refractivity contribution < 1.29 is 9.59 Å². The second-order valence-corrected chi connectivity index (χ2v) is 5.05. The number of ketones is 1. The van der Waals surface area contributed by atoms with E-state index in [0.717, 1.165) is 51.6 Å². The van der Waals surface area contributed by atoms with Gasteiger partial charge in [0.25, 0.3) is 5.91 Å². The Labute approximate surface area is 97.2 Å². The molecule has 2 fully saturated rings. The van der Waals surface area contributed by atoms with Crippen molar-refractivity contribution in [1.29, 1.82) is 0 Å². The van der Waals surface area contributed by atoms with Gasteiger partial charge in [0, 0.05) is 19.0 Å². The maximum Gasteiger partial charge on any atom is 0.290 e. The van der Waals surface area contributed by atoms with Crippen molar-refractivity contribution in [1.82, 2.24) is 4.90 Å². The summed E-state index contributed by atoms with van der Waals surface area (Å²) in [7, 11) is 0. The SMILES string of the molecule is O=C(C(=O)N1CCCCC1)C1CCCCC1. The van der Waals surface area contributed by atoms with E-state index in [1.165, 1.54) is 12.8 Å². The summed E-state index contributed by atoms with van der Waals surface area (Å²) in [6.07, 6.45) is 8.63. The van der Waals surface area contributed by atoms with Crippen molar-refractivity contribution in [2.75, 3.05) is 13.1 Å². The lowest BCUT2D eigenvalue weighted by atomic mass is 9.85. The Bertz CT molecular complexity index is 235. The lowest BCUT2D eigenvalue weighted by Gasteiger charge is -2.28. The number of hydrogen-bond donors (Lipinski definition) is 0. The fourth-order valence-corrected chi connectivity index (χ4v) is 2.79. The van der Waals surface area contributed by atoms with Crippen molar-refractivity contribution in [3.8, 4) is 0 Å². The minimum Gasteiger partial charge on any atom is -0.336 e. The number of rotatable bonds is 2. The molecule has 1 amide bonds. The zero-order valence-corrected chi connectivity index (χ0v) is 9.91. The third-order valence-corrected chi connectivity index (χ3v) is 3.83. The third-order valence-electron chi connectivity index (χ3n) is 3.83. The Balaban J connectivity index is 1.89. The van der Waals surface area contributed by atoms with Gasteiger partial charge in [-0.25, -0.2) is 0 Å². The number of piperidine rings is 1. The molecule has 0 aromatic carbocycles. The van der Waals surface area contributed by atoms with Gasteiger partial charge in [-0.1, -0.05) is 19.3 Å². The van der Waals surface area contributed by atoms with Crippen LogP contribution in [0.25, 0.3) is 0 Å². The monoisotopic (exact) mass is 223 g/mol. The fraction of sp³-hybridized carbons (Fsp3) is 0.846. The molecule has 16 heavy (non-hydrogen) atoms. The minimum atomic E-state index is -0.202. The van der Waals surface area contributed by atoms with Crippen molar-refractivity contribution in [2.45, 2.75) is 51.4 Å². The first-order chi connectivity index (χ1) is 7.79. The molecular weight excluding hydrogens is 202 g/mol. The molecule has 1 saturated carbocycles. The van der Waals surface area contributed by atoms with Crippen LogP contribution < -0.4 is 0 Å². The van der Waals surface area contributed by atoms with E-state index in [9.17, 15) is 9.59 Å². The molecule has 0 radical (unpaired) electrons. The summed E-state index contributed by atoms with van der Waals surface area (Å²) in [4.78, 5) is 25.7. The molecule has 3 heteroatoms. The van der Waals surface area contributed by atoms with Crippen LogP contribution in [0.3, 0.4) is 0 Å². The van der Waals surface area contributed by atoms with Crippen molar-refractivity contribution >= 4 is 11.7 Å². The molecular formula is C13H21NO2. The number of carbonyl (C=O) groups is 2. The predicted octanol–water partition coefficient (Wildman–Crippen LogP) is 2.15. The topological polar surface area (TPSA) is 37.4 Å². The molecule has 1 aliphatic heterocycles. The Hall–Kier alpha value is -0.860. The van der Waals surface area contributed by atoms with Crippen molar-refractivity contribution in [3.63, 3.8) is 0 Å². The van der Waals surface area contributed by atoms with Gasteiger partial charge < -0.3 is 4.90 Å². The number of hydrogen-bond acceptors (Lipinski definition) is 2. The highest BCUT2D eigenvalue weighted by molar-refractivity contribution is 6.36. The van der Waals surface area contributed by atoms with Crippen LogP contribution in [0.2, 0.25) is 0 Å². The van der Waals surface area contributed by atoms with Gasteiger partial charge >= 0.3 is 0 Å². The molecule has 1 saturated heterocycles. The van der Waals surface area contributed by atoms with Crippen LogP contribution in [0.15, 0.2) is 0 Å². The van der Waals surface area contributed by atoms with Gasteiger partial charge in [-0.15, -0.1) is 0 Å². The summed E-state index contributed by atoms with van der Waals surface area (Å²) in [5.74, 6) is -0.281. The summed E-state index contributed by atoms with van der Waals surface area (Å²) in [6.45, 7) is 1.58. The first-order valence-electron chi connectivity index (χ1n) is 6.62. The smallest absolute Gasteiger partial charge is 0.290 e. The van der Waals surface area contributed by atoms with Crippen molar-refractivity contribution in [3.05, 3.63) is 0 Å². The van der Waals surface area contributed by atoms with Gasteiger partial charge in [0.1, 0.15) is 0 Å². The molecule has 0 N–H and O–H groups in total. The molecule has 0 atom stereocenters. The van der Waals surface area contributed by atoms with Gasteiger partial charge in [-0.3, -0.25) is 9.59 Å². The normalized spacial score (nSPS) is 23.1. The highest BCUT2D eigenvalue weighted by atomic mass is 16.2. The first kappa shape index (κ1) is 11.6. The highest BCUT2D eigenvalue weighted by Gasteiger charge is 2.30. The quantitative estimate of drug-likeness (QED) is 0.673. The van der Waals surface area contributed by atoms with Crippen LogP contribution in [0.5, 0.6) is 0 Å². The minimum absolute atomic E-state index is 0.0307. The van der Waals surface area contributed by atoms with E-state index in [1.807, 2.05) is 0 Å². The average molecular weight is 223 g/mol. The van der Waals surface area contributed by atoms with Gasteiger partial charge in [0.15, 0.2) is 0 Å². The summed E-state index contributed by atoms with van der Waals surface area (Å²) < 4.78 is 0. The lowest BCUT2D eigenvalue weighted by Crippen LogP contribution is -2.42.